The minimum atomic E-state index is -0.453. The van der Waals surface area contributed by atoms with E-state index in [1.54, 1.807) is 0 Å². The maximum Gasteiger partial charge on any atom is 0.245 e. The second-order valence-electron chi connectivity index (χ2n) is 5.49. The van der Waals surface area contributed by atoms with Crippen LogP contribution >= 0.6 is 0 Å². The molecule has 0 aliphatic carbocycles. The Kier molecular flexibility index (Phi) is 3.22. The van der Waals surface area contributed by atoms with Crippen molar-refractivity contribution in [3.05, 3.63) is 36.0 Å². The lowest BCUT2D eigenvalue weighted by atomic mass is 9.79. The van der Waals surface area contributed by atoms with Gasteiger partial charge in [0.15, 0.2) is 0 Å². The monoisotopic (exact) mass is 280 g/mol. The van der Waals surface area contributed by atoms with E-state index in [0.717, 1.165) is 11.3 Å². The molecule has 2 unspecified atom stereocenters. The largest absolute Gasteiger partial charge is 0.418 e. The Labute approximate surface area is 123 Å². The summed E-state index contributed by atoms with van der Waals surface area (Å²) in [5.74, 6) is 0.920. The van der Waals surface area contributed by atoms with Crippen molar-refractivity contribution in [2.45, 2.75) is 19.8 Å². The predicted molar refractivity (Wildman–Crippen MR) is 79.9 cm³/mol. The van der Waals surface area contributed by atoms with Gasteiger partial charge in [-0.05, 0) is 18.1 Å². The van der Waals surface area contributed by atoms with Crippen molar-refractivity contribution in [1.29, 1.82) is 5.26 Å². The van der Waals surface area contributed by atoms with Crippen molar-refractivity contribution in [2.75, 3.05) is 0 Å². The number of hydrogen-bond acceptors (Lipinski definition) is 5. The van der Waals surface area contributed by atoms with Crippen LogP contribution in [0.3, 0.4) is 0 Å². The van der Waals surface area contributed by atoms with Crippen LogP contribution in [0.2, 0.25) is 0 Å². The molecule has 3 rings (SSSR count). The first-order chi connectivity index (χ1) is 10.1. The lowest BCUT2D eigenvalue weighted by Gasteiger charge is -2.26. The van der Waals surface area contributed by atoms with Gasteiger partial charge in [0.2, 0.25) is 11.8 Å². The van der Waals surface area contributed by atoms with Crippen LogP contribution < -0.4 is 5.73 Å². The minimum Gasteiger partial charge on any atom is -0.418 e. The van der Waals surface area contributed by atoms with Crippen molar-refractivity contribution >= 4 is 11.7 Å². The number of benzene rings is 1. The van der Waals surface area contributed by atoms with E-state index in [4.69, 9.17) is 10.2 Å². The Hall–Kier alpha value is -2.61. The molecule has 0 fully saturated rings. The number of nitrogens with zero attached hydrogens (tertiary/aromatic N) is 3. The number of fused-ring (bicyclic) bond motifs is 1. The number of hydrogen-bond donors (Lipinski definition) is 1. The zero-order valence-corrected chi connectivity index (χ0v) is 11.9. The van der Waals surface area contributed by atoms with Gasteiger partial charge in [-0.1, -0.05) is 32.0 Å². The highest BCUT2D eigenvalue weighted by Gasteiger charge is 2.38. The van der Waals surface area contributed by atoms with Crippen LogP contribution in [0, 0.1) is 23.2 Å². The Morgan fingerprint density at radius 1 is 1.29 bits per heavy atom. The molecule has 0 amide bonds. The maximum absolute atomic E-state index is 9.36. The molecule has 0 saturated carbocycles. The lowest BCUT2D eigenvalue weighted by Crippen LogP contribution is -2.33. The van der Waals surface area contributed by atoms with Gasteiger partial charge in [0.05, 0.1) is 6.07 Å². The molecule has 1 aromatic carbocycles. The molecule has 5 nitrogen and oxygen atoms in total. The standard InChI is InChI=1S/C16H16N4O/c1-9(2)12-11(8-17)14(18)20-16-13(12)19-15(21-16)10-6-4-3-5-7-10/h3-7,9,11-12H,1-2H3,(H2,18,20). The molecule has 5 heteroatoms. The normalized spacial score (nSPS) is 20.8. The summed E-state index contributed by atoms with van der Waals surface area (Å²) < 4.78 is 5.75. The number of nitriles is 1. The summed E-state index contributed by atoms with van der Waals surface area (Å²) in [6.07, 6.45) is 0. The molecule has 2 atom stereocenters. The first-order valence-electron chi connectivity index (χ1n) is 6.91. The van der Waals surface area contributed by atoms with E-state index < -0.39 is 5.92 Å². The zero-order chi connectivity index (χ0) is 15.0. The molecule has 2 heterocycles. The lowest BCUT2D eigenvalue weighted by molar-refractivity contribution is 0.443. The summed E-state index contributed by atoms with van der Waals surface area (Å²) in [5.41, 5.74) is 7.53. The maximum atomic E-state index is 9.36. The quantitative estimate of drug-likeness (QED) is 0.914. The second-order valence-corrected chi connectivity index (χ2v) is 5.49. The fourth-order valence-corrected chi connectivity index (χ4v) is 2.70. The van der Waals surface area contributed by atoms with E-state index in [1.807, 2.05) is 44.2 Å². The van der Waals surface area contributed by atoms with Crippen molar-refractivity contribution in [3.8, 4) is 17.5 Å². The predicted octanol–water partition coefficient (Wildman–Crippen LogP) is 3.22. The molecular weight excluding hydrogens is 264 g/mol. The highest BCUT2D eigenvalue weighted by atomic mass is 16.4. The van der Waals surface area contributed by atoms with Crippen molar-refractivity contribution in [1.82, 2.24) is 4.98 Å². The Morgan fingerprint density at radius 2 is 2.00 bits per heavy atom. The summed E-state index contributed by atoms with van der Waals surface area (Å²) >= 11 is 0. The average Bonchev–Trinajstić information content (AvgIpc) is 2.89. The highest BCUT2D eigenvalue weighted by Crippen LogP contribution is 2.42. The van der Waals surface area contributed by atoms with Gasteiger partial charge < -0.3 is 10.2 Å². The van der Waals surface area contributed by atoms with Gasteiger partial charge in [-0.3, -0.25) is 0 Å². The van der Waals surface area contributed by atoms with Gasteiger partial charge in [0, 0.05) is 11.5 Å². The van der Waals surface area contributed by atoms with Gasteiger partial charge in [-0.2, -0.15) is 10.3 Å². The summed E-state index contributed by atoms with van der Waals surface area (Å²) in [5, 5.41) is 9.36. The summed E-state index contributed by atoms with van der Waals surface area (Å²) in [7, 11) is 0. The third kappa shape index (κ3) is 2.19. The van der Waals surface area contributed by atoms with Gasteiger partial charge in [0.25, 0.3) is 0 Å². The number of oxazole rings is 1. The Morgan fingerprint density at radius 3 is 2.62 bits per heavy atom. The molecule has 106 valence electrons. The van der Waals surface area contributed by atoms with Crippen LogP contribution in [0.25, 0.3) is 11.5 Å². The SMILES string of the molecule is CC(C)C1c2nc(-c3ccccc3)oc2N=C(N)C1C#N. The third-order valence-electron chi connectivity index (χ3n) is 3.74. The van der Waals surface area contributed by atoms with E-state index in [-0.39, 0.29) is 11.8 Å². The highest BCUT2D eigenvalue weighted by molar-refractivity contribution is 5.90. The molecule has 1 aliphatic rings. The first-order valence-corrected chi connectivity index (χ1v) is 6.91. The Bertz CT molecular complexity index is 724. The fourth-order valence-electron chi connectivity index (χ4n) is 2.70. The number of aromatic nitrogens is 1. The Balaban J connectivity index is 2.12. The van der Waals surface area contributed by atoms with Gasteiger partial charge in [-0.15, -0.1) is 0 Å². The molecule has 0 radical (unpaired) electrons. The summed E-state index contributed by atoms with van der Waals surface area (Å²) in [4.78, 5) is 8.80. The van der Waals surface area contributed by atoms with Gasteiger partial charge >= 0.3 is 0 Å². The van der Waals surface area contributed by atoms with Crippen LogP contribution in [0.4, 0.5) is 5.88 Å². The molecule has 2 aromatic rings. The van der Waals surface area contributed by atoms with Gasteiger partial charge in [0.1, 0.15) is 17.4 Å². The van der Waals surface area contributed by atoms with Crippen molar-refractivity contribution in [2.24, 2.45) is 22.6 Å². The van der Waals surface area contributed by atoms with Crippen molar-refractivity contribution < 1.29 is 4.42 Å². The minimum absolute atomic E-state index is 0.0938. The van der Waals surface area contributed by atoms with Crippen LogP contribution in [-0.2, 0) is 0 Å². The summed E-state index contributed by atoms with van der Waals surface area (Å²) in [6.45, 7) is 4.10. The molecule has 0 spiro atoms. The molecular formula is C16H16N4O. The molecule has 0 bridgehead atoms. The van der Waals surface area contributed by atoms with Crippen LogP contribution in [0.1, 0.15) is 25.5 Å². The van der Waals surface area contributed by atoms with E-state index >= 15 is 0 Å². The molecule has 2 N–H and O–H groups in total. The number of amidine groups is 1. The van der Waals surface area contributed by atoms with E-state index in [0.29, 0.717) is 17.6 Å². The van der Waals surface area contributed by atoms with E-state index in [1.165, 1.54) is 0 Å². The molecule has 0 saturated heterocycles. The topological polar surface area (TPSA) is 88.2 Å². The first kappa shape index (κ1) is 13.4. The zero-order valence-electron chi connectivity index (χ0n) is 11.9. The fraction of sp³-hybridized carbons (Fsp3) is 0.312. The van der Waals surface area contributed by atoms with Gasteiger partial charge in [-0.25, -0.2) is 4.98 Å². The third-order valence-corrected chi connectivity index (χ3v) is 3.74. The van der Waals surface area contributed by atoms with E-state index in [2.05, 4.69) is 16.0 Å². The van der Waals surface area contributed by atoms with Crippen LogP contribution in [0.15, 0.2) is 39.7 Å². The average molecular weight is 280 g/mol. The molecule has 1 aliphatic heterocycles. The number of rotatable bonds is 2. The summed E-state index contributed by atoms with van der Waals surface area (Å²) in [6, 6.07) is 11.9. The van der Waals surface area contributed by atoms with Crippen LogP contribution in [-0.4, -0.2) is 10.8 Å². The number of nitrogens with two attached hydrogens (primary N) is 1. The smallest absolute Gasteiger partial charge is 0.245 e. The van der Waals surface area contributed by atoms with Crippen molar-refractivity contribution in [3.63, 3.8) is 0 Å². The number of aliphatic imine (C=N–C) groups is 1. The van der Waals surface area contributed by atoms with Crippen LogP contribution in [0.5, 0.6) is 0 Å². The molecule has 21 heavy (non-hydrogen) atoms. The molecule has 1 aromatic heterocycles. The van der Waals surface area contributed by atoms with E-state index in [9.17, 15) is 5.26 Å². The second kappa shape index (κ2) is 5.06.